The Bertz CT molecular complexity index is 228. The smallest absolute Gasteiger partial charge is 0.219 e. The second-order valence-electron chi connectivity index (χ2n) is 4.45. The summed E-state index contributed by atoms with van der Waals surface area (Å²) in [5, 5.41) is 0. The van der Waals surface area contributed by atoms with Crippen molar-refractivity contribution < 1.29 is 9.53 Å². The summed E-state index contributed by atoms with van der Waals surface area (Å²) in [7, 11) is 0. The average molecular weight is 243 g/mol. The molecule has 1 aliphatic rings. The molecule has 0 aromatic rings. The number of piperazine rings is 1. The molecule has 0 saturated carbocycles. The van der Waals surface area contributed by atoms with E-state index in [-0.39, 0.29) is 12.0 Å². The Hall–Kier alpha value is -0.650. The lowest BCUT2D eigenvalue weighted by Crippen LogP contribution is -2.48. The van der Waals surface area contributed by atoms with Crippen molar-refractivity contribution in [1.29, 1.82) is 0 Å². The van der Waals surface area contributed by atoms with Crippen molar-refractivity contribution in [2.75, 3.05) is 45.9 Å². The first-order valence-corrected chi connectivity index (χ1v) is 6.47. The van der Waals surface area contributed by atoms with Gasteiger partial charge in [-0.3, -0.25) is 9.69 Å². The quantitative estimate of drug-likeness (QED) is 0.708. The van der Waals surface area contributed by atoms with Crippen LogP contribution in [-0.2, 0) is 9.53 Å². The first kappa shape index (κ1) is 14.4. The fourth-order valence-corrected chi connectivity index (χ4v) is 2.12. The predicted octanol–water partition coefficient (Wildman–Crippen LogP) is -0.0956. The van der Waals surface area contributed by atoms with Crippen molar-refractivity contribution in [3.8, 4) is 0 Å². The van der Waals surface area contributed by atoms with Gasteiger partial charge in [-0.15, -0.1) is 0 Å². The average Bonchev–Trinajstić information content (AvgIpc) is 2.35. The molecule has 1 rings (SSSR count). The van der Waals surface area contributed by atoms with Crippen LogP contribution < -0.4 is 5.73 Å². The zero-order valence-corrected chi connectivity index (χ0v) is 11.0. The van der Waals surface area contributed by atoms with Crippen molar-refractivity contribution in [3.63, 3.8) is 0 Å². The number of carbonyl (C=O) groups excluding carboxylic acids is 1. The third-order valence-electron chi connectivity index (χ3n) is 3.25. The van der Waals surface area contributed by atoms with E-state index in [0.717, 1.165) is 45.8 Å². The van der Waals surface area contributed by atoms with E-state index >= 15 is 0 Å². The van der Waals surface area contributed by atoms with Gasteiger partial charge >= 0.3 is 0 Å². The van der Waals surface area contributed by atoms with Crippen molar-refractivity contribution in [3.05, 3.63) is 0 Å². The van der Waals surface area contributed by atoms with Crippen LogP contribution in [0.2, 0.25) is 0 Å². The van der Waals surface area contributed by atoms with Gasteiger partial charge in [-0.1, -0.05) is 0 Å². The van der Waals surface area contributed by atoms with Gasteiger partial charge in [0, 0.05) is 52.8 Å². The molecule has 1 saturated heterocycles. The Kier molecular flexibility index (Phi) is 6.47. The fourth-order valence-electron chi connectivity index (χ4n) is 2.12. The van der Waals surface area contributed by atoms with Crippen LogP contribution in [0.4, 0.5) is 0 Å². The maximum atomic E-state index is 11.2. The SMILES string of the molecule is CCOC(CN)CCN1CCN(C(C)=O)CC1. The molecule has 1 atom stereocenters. The second-order valence-corrected chi connectivity index (χ2v) is 4.45. The Morgan fingerprint density at radius 3 is 2.47 bits per heavy atom. The molecule has 1 amide bonds. The normalized spacial score (nSPS) is 19.4. The molecule has 2 N–H and O–H groups in total. The molecule has 5 heteroatoms. The highest BCUT2D eigenvalue weighted by Crippen LogP contribution is 2.05. The zero-order valence-electron chi connectivity index (χ0n) is 11.0. The minimum absolute atomic E-state index is 0.172. The molecular weight excluding hydrogens is 218 g/mol. The molecule has 0 radical (unpaired) electrons. The summed E-state index contributed by atoms with van der Waals surface area (Å²) in [5.41, 5.74) is 5.64. The van der Waals surface area contributed by atoms with Crippen LogP contribution in [0.1, 0.15) is 20.3 Å². The van der Waals surface area contributed by atoms with Crippen LogP contribution in [0.5, 0.6) is 0 Å². The summed E-state index contributed by atoms with van der Waals surface area (Å²) < 4.78 is 5.53. The Balaban J connectivity index is 2.19. The molecule has 1 heterocycles. The van der Waals surface area contributed by atoms with Gasteiger partial charge in [-0.25, -0.2) is 0 Å². The Labute approximate surface area is 104 Å². The Morgan fingerprint density at radius 2 is 2.00 bits per heavy atom. The van der Waals surface area contributed by atoms with Crippen LogP contribution >= 0.6 is 0 Å². The number of nitrogens with two attached hydrogens (primary N) is 1. The van der Waals surface area contributed by atoms with Crippen LogP contribution in [0.25, 0.3) is 0 Å². The van der Waals surface area contributed by atoms with Gasteiger partial charge in [0.15, 0.2) is 0 Å². The standard InChI is InChI=1S/C12H25N3O2/c1-3-17-12(10-13)4-5-14-6-8-15(9-7-14)11(2)16/h12H,3-10,13H2,1-2H3. The maximum Gasteiger partial charge on any atom is 0.219 e. The third kappa shape index (κ3) is 5.02. The predicted molar refractivity (Wildman–Crippen MR) is 67.8 cm³/mol. The highest BCUT2D eigenvalue weighted by Gasteiger charge is 2.19. The van der Waals surface area contributed by atoms with Crippen LogP contribution in [0.15, 0.2) is 0 Å². The fraction of sp³-hybridized carbons (Fsp3) is 0.917. The van der Waals surface area contributed by atoms with Crippen molar-refractivity contribution >= 4 is 5.91 Å². The van der Waals surface area contributed by atoms with Gasteiger partial charge in [-0.05, 0) is 13.3 Å². The van der Waals surface area contributed by atoms with E-state index in [1.807, 2.05) is 11.8 Å². The highest BCUT2D eigenvalue weighted by atomic mass is 16.5. The number of rotatable bonds is 6. The lowest BCUT2D eigenvalue weighted by Gasteiger charge is -2.34. The summed E-state index contributed by atoms with van der Waals surface area (Å²) in [6, 6.07) is 0. The topological polar surface area (TPSA) is 58.8 Å². The first-order valence-electron chi connectivity index (χ1n) is 6.47. The number of ether oxygens (including phenoxy) is 1. The largest absolute Gasteiger partial charge is 0.377 e. The summed E-state index contributed by atoms with van der Waals surface area (Å²) in [4.78, 5) is 15.5. The summed E-state index contributed by atoms with van der Waals surface area (Å²) in [6.45, 7) is 9.55. The molecule has 17 heavy (non-hydrogen) atoms. The van der Waals surface area contributed by atoms with Gasteiger partial charge in [0.1, 0.15) is 0 Å². The maximum absolute atomic E-state index is 11.2. The van der Waals surface area contributed by atoms with Gasteiger partial charge in [-0.2, -0.15) is 0 Å². The summed E-state index contributed by atoms with van der Waals surface area (Å²) in [5.74, 6) is 0.179. The highest BCUT2D eigenvalue weighted by molar-refractivity contribution is 5.73. The number of carbonyl (C=O) groups is 1. The van der Waals surface area contributed by atoms with E-state index in [1.165, 1.54) is 0 Å². The van der Waals surface area contributed by atoms with E-state index in [9.17, 15) is 4.79 Å². The number of nitrogens with zero attached hydrogens (tertiary/aromatic N) is 2. The minimum atomic E-state index is 0.172. The van der Waals surface area contributed by atoms with E-state index in [4.69, 9.17) is 10.5 Å². The molecule has 5 nitrogen and oxygen atoms in total. The second kappa shape index (κ2) is 7.63. The van der Waals surface area contributed by atoms with Crippen LogP contribution in [0, 0.1) is 0 Å². The molecule has 1 aliphatic heterocycles. The monoisotopic (exact) mass is 243 g/mol. The van der Waals surface area contributed by atoms with Gasteiger partial charge < -0.3 is 15.4 Å². The molecule has 0 aromatic heterocycles. The van der Waals surface area contributed by atoms with Crippen LogP contribution in [0.3, 0.4) is 0 Å². The molecule has 0 bridgehead atoms. The molecule has 1 fully saturated rings. The first-order chi connectivity index (χ1) is 8.17. The van der Waals surface area contributed by atoms with E-state index in [2.05, 4.69) is 4.90 Å². The van der Waals surface area contributed by atoms with E-state index in [0.29, 0.717) is 6.54 Å². The van der Waals surface area contributed by atoms with Gasteiger partial charge in [0.05, 0.1) is 6.10 Å². The lowest BCUT2D eigenvalue weighted by molar-refractivity contribution is -0.130. The minimum Gasteiger partial charge on any atom is -0.377 e. The van der Waals surface area contributed by atoms with E-state index < -0.39 is 0 Å². The Morgan fingerprint density at radius 1 is 1.35 bits per heavy atom. The molecule has 0 aliphatic carbocycles. The summed E-state index contributed by atoms with van der Waals surface area (Å²) >= 11 is 0. The zero-order chi connectivity index (χ0) is 12.7. The van der Waals surface area contributed by atoms with Gasteiger partial charge in [0.25, 0.3) is 0 Å². The molecular formula is C12H25N3O2. The van der Waals surface area contributed by atoms with E-state index in [1.54, 1.807) is 6.92 Å². The number of hydrogen-bond donors (Lipinski definition) is 1. The number of hydrogen-bond acceptors (Lipinski definition) is 4. The van der Waals surface area contributed by atoms with Gasteiger partial charge in [0.2, 0.25) is 5.91 Å². The van der Waals surface area contributed by atoms with Crippen molar-refractivity contribution in [2.45, 2.75) is 26.4 Å². The lowest BCUT2D eigenvalue weighted by atomic mass is 10.2. The van der Waals surface area contributed by atoms with Crippen molar-refractivity contribution in [2.24, 2.45) is 5.73 Å². The van der Waals surface area contributed by atoms with Crippen LogP contribution in [-0.4, -0.2) is 67.7 Å². The summed E-state index contributed by atoms with van der Waals surface area (Å²) in [6.07, 6.45) is 1.15. The molecule has 0 spiro atoms. The molecule has 100 valence electrons. The molecule has 0 aromatic carbocycles. The molecule has 1 unspecified atom stereocenters. The third-order valence-corrected chi connectivity index (χ3v) is 3.25. The number of amides is 1. The van der Waals surface area contributed by atoms with Crippen molar-refractivity contribution in [1.82, 2.24) is 9.80 Å².